The van der Waals surface area contributed by atoms with Crippen molar-refractivity contribution in [2.45, 2.75) is 70.0 Å². The zero-order valence-electron chi connectivity index (χ0n) is 12.0. The Morgan fingerprint density at radius 2 is 2.00 bits per heavy atom. The third-order valence-corrected chi connectivity index (χ3v) is 5.49. The first-order chi connectivity index (χ1) is 8.58. The monoisotopic (exact) mass is 255 g/mol. The van der Waals surface area contributed by atoms with E-state index in [0.717, 1.165) is 38.5 Å². The minimum absolute atomic E-state index is 0.0277. The van der Waals surface area contributed by atoms with Crippen LogP contribution in [0.4, 0.5) is 0 Å². The Labute approximate surface area is 111 Å². The summed E-state index contributed by atoms with van der Waals surface area (Å²) in [6.07, 6.45) is 8.65. The first-order valence-electron chi connectivity index (χ1n) is 7.53. The number of hydrogen-bond acceptors (Lipinski definition) is 3. The quantitative estimate of drug-likeness (QED) is 0.814. The third-order valence-electron chi connectivity index (χ3n) is 5.49. The Bertz CT molecular complexity index is 282. The number of methoxy groups -OCH3 is 1. The van der Waals surface area contributed by atoms with Crippen molar-refractivity contribution in [3.63, 3.8) is 0 Å². The molecule has 3 N–H and O–H groups in total. The zero-order valence-corrected chi connectivity index (χ0v) is 12.0. The van der Waals surface area contributed by atoms with E-state index in [9.17, 15) is 5.11 Å². The molecule has 2 rings (SSSR count). The maximum atomic E-state index is 11.3. The molecule has 18 heavy (non-hydrogen) atoms. The van der Waals surface area contributed by atoms with Crippen molar-refractivity contribution in [3.8, 4) is 0 Å². The molecule has 2 fully saturated rings. The van der Waals surface area contributed by atoms with Gasteiger partial charge in [-0.1, -0.05) is 32.6 Å². The molecular weight excluding hydrogens is 226 g/mol. The summed E-state index contributed by atoms with van der Waals surface area (Å²) in [5, 5.41) is 11.3. The summed E-state index contributed by atoms with van der Waals surface area (Å²) >= 11 is 0. The Morgan fingerprint density at radius 3 is 2.61 bits per heavy atom. The summed E-state index contributed by atoms with van der Waals surface area (Å²) in [4.78, 5) is 0. The van der Waals surface area contributed by atoms with Crippen molar-refractivity contribution < 1.29 is 9.84 Å². The first kappa shape index (κ1) is 14.3. The van der Waals surface area contributed by atoms with Gasteiger partial charge >= 0.3 is 0 Å². The van der Waals surface area contributed by atoms with E-state index in [1.54, 1.807) is 7.11 Å². The molecule has 0 radical (unpaired) electrons. The molecule has 4 atom stereocenters. The molecule has 0 saturated heterocycles. The van der Waals surface area contributed by atoms with Crippen LogP contribution >= 0.6 is 0 Å². The van der Waals surface area contributed by atoms with Crippen LogP contribution < -0.4 is 5.73 Å². The van der Waals surface area contributed by atoms with Crippen molar-refractivity contribution in [2.75, 3.05) is 13.7 Å². The van der Waals surface area contributed by atoms with Crippen LogP contribution in [0.5, 0.6) is 0 Å². The topological polar surface area (TPSA) is 55.5 Å². The van der Waals surface area contributed by atoms with Crippen LogP contribution in [0.3, 0.4) is 0 Å². The average molecular weight is 255 g/mol. The molecule has 0 aromatic heterocycles. The molecule has 0 aromatic carbocycles. The lowest BCUT2D eigenvalue weighted by Gasteiger charge is -2.55. The molecule has 0 bridgehead atoms. The number of hydrogen-bond donors (Lipinski definition) is 2. The Hall–Kier alpha value is -0.120. The Kier molecular flexibility index (Phi) is 4.35. The van der Waals surface area contributed by atoms with Gasteiger partial charge in [-0.3, -0.25) is 0 Å². The second kappa shape index (κ2) is 5.48. The van der Waals surface area contributed by atoms with Gasteiger partial charge in [0.25, 0.3) is 0 Å². The minimum atomic E-state index is -0.705. The molecule has 2 saturated carbocycles. The van der Waals surface area contributed by atoms with Crippen molar-refractivity contribution >= 4 is 0 Å². The highest BCUT2D eigenvalue weighted by atomic mass is 16.5. The fraction of sp³-hybridized carbons (Fsp3) is 1.00. The predicted octanol–water partition coefficient (Wildman–Crippen LogP) is 2.46. The highest BCUT2D eigenvalue weighted by molar-refractivity contribution is 5.07. The molecule has 3 nitrogen and oxygen atoms in total. The lowest BCUT2D eigenvalue weighted by Crippen LogP contribution is -2.62. The van der Waals surface area contributed by atoms with Gasteiger partial charge in [0.05, 0.1) is 11.7 Å². The molecule has 0 spiro atoms. The SMILES string of the molecule is COC1CCCCC1(O)C1(CN)CCCC(C)C1. The molecule has 4 unspecified atom stereocenters. The maximum absolute atomic E-state index is 11.3. The Balaban J connectivity index is 2.28. The predicted molar refractivity (Wildman–Crippen MR) is 73.3 cm³/mol. The largest absolute Gasteiger partial charge is 0.387 e. The van der Waals surface area contributed by atoms with Crippen molar-refractivity contribution in [1.29, 1.82) is 0 Å². The first-order valence-corrected chi connectivity index (χ1v) is 7.53. The van der Waals surface area contributed by atoms with E-state index >= 15 is 0 Å². The molecule has 106 valence electrons. The maximum Gasteiger partial charge on any atom is 0.0975 e. The van der Waals surface area contributed by atoms with E-state index in [2.05, 4.69) is 6.92 Å². The molecule has 2 aliphatic rings. The second-order valence-corrected chi connectivity index (χ2v) is 6.58. The van der Waals surface area contributed by atoms with Gasteiger partial charge in [-0.2, -0.15) is 0 Å². The smallest absolute Gasteiger partial charge is 0.0975 e. The van der Waals surface area contributed by atoms with Crippen molar-refractivity contribution in [2.24, 2.45) is 17.1 Å². The van der Waals surface area contributed by atoms with Gasteiger partial charge < -0.3 is 15.6 Å². The molecule has 0 amide bonds. The Morgan fingerprint density at radius 1 is 1.22 bits per heavy atom. The van der Waals surface area contributed by atoms with Gasteiger partial charge in [-0.25, -0.2) is 0 Å². The van der Waals surface area contributed by atoms with E-state index in [1.165, 1.54) is 12.8 Å². The minimum Gasteiger partial charge on any atom is -0.387 e. The van der Waals surface area contributed by atoms with Crippen LogP contribution in [0.1, 0.15) is 58.3 Å². The van der Waals surface area contributed by atoms with Gasteiger partial charge in [-0.05, 0) is 31.6 Å². The van der Waals surface area contributed by atoms with E-state index < -0.39 is 5.60 Å². The van der Waals surface area contributed by atoms with Crippen molar-refractivity contribution in [1.82, 2.24) is 0 Å². The fourth-order valence-electron chi connectivity index (χ4n) is 4.46. The number of ether oxygens (including phenoxy) is 1. The zero-order chi connectivity index (χ0) is 13.2. The van der Waals surface area contributed by atoms with Crippen molar-refractivity contribution in [3.05, 3.63) is 0 Å². The summed E-state index contributed by atoms with van der Waals surface area (Å²) in [5.41, 5.74) is 5.29. The second-order valence-electron chi connectivity index (χ2n) is 6.58. The van der Waals surface area contributed by atoms with Gasteiger partial charge in [0.2, 0.25) is 0 Å². The number of nitrogens with two attached hydrogens (primary N) is 1. The van der Waals surface area contributed by atoms with Crippen LogP contribution in [0, 0.1) is 11.3 Å². The summed E-state index contributed by atoms with van der Waals surface area (Å²) in [6.45, 7) is 2.88. The van der Waals surface area contributed by atoms with E-state index in [1.807, 2.05) is 0 Å². The molecule has 0 aliphatic heterocycles. The van der Waals surface area contributed by atoms with Crippen LogP contribution in [0.25, 0.3) is 0 Å². The normalized spacial score (nSPS) is 46.0. The summed E-state index contributed by atoms with van der Waals surface area (Å²) in [5.74, 6) is 0.672. The lowest BCUT2D eigenvalue weighted by atomic mass is 9.56. The fourth-order valence-corrected chi connectivity index (χ4v) is 4.46. The summed E-state index contributed by atoms with van der Waals surface area (Å²) in [6, 6.07) is 0. The molecule has 0 aromatic rings. The molecule has 3 heteroatoms. The van der Waals surface area contributed by atoms with Gasteiger partial charge in [0, 0.05) is 19.1 Å². The van der Waals surface area contributed by atoms with Gasteiger partial charge in [0.1, 0.15) is 0 Å². The van der Waals surface area contributed by atoms with Crippen LogP contribution in [0.2, 0.25) is 0 Å². The molecule has 0 heterocycles. The van der Waals surface area contributed by atoms with Crippen LogP contribution in [0.15, 0.2) is 0 Å². The molecular formula is C15H29NO2. The van der Waals surface area contributed by atoms with Gasteiger partial charge in [-0.15, -0.1) is 0 Å². The highest BCUT2D eigenvalue weighted by Gasteiger charge is 2.55. The third kappa shape index (κ3) is 2.21. The number of rotatable bonds is 3. The van der Waals surface area contributed by atoms with E-state index in [4.69, 9.17) is 10.5 Å². The standard InChI is InChI=1S/C15H29NO2/c1-12-6-5-8-14(10-12,11-16)15(17)9-4-3-7-13(15)18-2/h12-13,17H,3-11,16H2,1-2H3. The van der Waals surface area contributed by atoms with Gasteiger partial charge in [0.15, 0.2) is 0 Å². The number of aliphatic hydroxyl groups is 1. The highest BCUT2D eigenvalue weighted by Crippen LogP contribution is 2.52. The summed E-state index contributed by atoms with van der Waals surface area (Å²) in [7, 11) is 1.73. The van der Waals surface area contributed by atoms with Crippen LogP contribution in [-0.4, -0.2) is 30.5 Å². The lowest BCUT2D eigenvalue weighted by molar-refractivity contribution is -0.199. The van der Waals surface area contributed by atoms with E-state index in [-0.39, 0.29) is 11.5 Å². The molecule has 2 aliphatic carbocycles. The average Bonchev–Trinajstić information content (AvgIpc) is 2.39. The van der Waals surface area contributed by atoms with E-state index in [0.29, 0.717) is 12.5 Å². The van der Waals surface area contributed by atoms with Crippen LogP contribution in [-0.2, 0) is 4.74 Å². The summed E-state index contributed by atoms with van der Waals surface area (Å²) < 4.78 is 5.62.